The molecule has 7 nitrogen and oxygen atoms in total. The van der Waals surface area contributed by atoms with Crippen molar-refractivity contribution in [3.8, 4) is 0 Å². The first-order chi connectivity index (χ1) is 13.3. The van der Waals surface area contributed by atoms with Crippen LogP contribution in [0.5, 0.6) is 0 Å². The summed E-state index contributed by atoms with van der Waals surface area (Å²) in [6, 6.07) is 9.85. The van der Waals surface area contributed by atoms with Crippen molar-refractivity contribution in [1.29, 1.82) is 0 Å². The molecule has 2 heterocycles. The molecule has 1 aliphatic heterocycles. The highest BCUT2D eigenvalue weighted by Gasteiger charge is 2.28. The molecule has 1 N–H and O–H groups in total. The van der Waals surface area contributed by atoms with Crippen molar-refractivity contribution in [3.63, 3.8) is 0 Å². The van der Waals surface area contributed by atoms with E-state index in [1.807, 2.05) is 43.7 Å². The molecule has 28 heavy (non-hydrogen) atoms. The van der Waals surface area contributed by atoms with E-state index in [1.54, 1.807) is 18.2 Å². The molecule has 2 aromatic rings. The maximum absolute atomic E-state index is 12.8. The summed E-state index contributed by atoms with van der Waals surface area (Å²) in [7, 11) is -3.61. The molecule has 1 aromatic carbocycles. The zero-order valence-corrected chi connectivity index (χ0v) is 17.2. The molecule has 0 saturated carbocycles. The summed E-state index contributed by atoms with van der Waals surface area (Å²) in [5, 5.41) is 2.83. The Bertz CT molecular complexity index is 969. The van der Waals surface area contributed by atoms with Gasteiger partial charge in [-0.05, 0) is 31.2 Å². The van der Waals surface area contributed by atoms with Gasteiger partial charge < -0.3 is 10.1 Å². The van der Waals surface area contributed by atoms with E-state index in [0.717, 1.165) is 11.3 Å². The Hall–Kier alpha value is -2.29. The topological polar surface area (TPSA) is 79.6 Å². The summed E-state index contributed by atoms with van der Waals surface area (Å²) in [5.41, 5.74) is 2.56. The zero-order chi connectivity index (χ0) is 20.3. The van der Waals surface area contributed by atoms with Gasteiger partial charge in [-0.1, -0.05) is 6.07 Å². The van der Waals surface area contributed by atoms with E-state index in [4.69, 9.17) is 4.74 Å². The summed E-state index contributed by atoms with van der Waals surface area (Å²) in [6.07, 6.45) is 1.87. The number of ether oxygens (including phenoxy) is 1. The largest absolute Gasteiger partial charge is 0.379 e. The lowest BCUT2D eigenvalue weighted by molar-refractivity contribution is -0.711. The van der Waals surface area contributed by atoms with Gasteiger partial charge in [-0.15, -0.1) is 0 Å². The number of aryl methyl sites for hydroxylation is 1. The fourth-order valence-corrected chi connectivity index (χ4v) is 4.63. The zero-order valence-electron chi connectivity index (χ0n) is 16.4. The second-order valence-electron chi connectivity index (χ2n) is 6.89. The van der Waals surface area contributed by atoms with Crippen LogP contribution in [0.2, 0.25) is 0 Å². The van der Waals surface area contributed by atoms with Gasteiger partial charge in [0.15, 0.2) is 11.9 Å². The lowest BCUT2D eigenvalue weighted by atomic mass is 10.2. The average molecular weight is 405 g/mol. The molecule has 1 saturated heterocycles. The maximum Gasteiger partial charge on any atom is 0.293 e. The molecule has 0 radical (unpaired) electrons. The Morgan fingerprint density at radius 1 is 1.18 bits per heavy atom. The van der Waals surface area contributed by atoms with Crippen LogP contribution in [-0.2, 0) is 19.6 Å². The number of pyridine rings is 1. The summed E-state index contributed by atoms with van der Waals surface area (Å²) in [5.74, 6) is -0.209. The minimum absolute atomic E-state index is 0.166. The molecule has 0 aliphatic carbocycles. The van der Waals surface area contributed by atoms with Crippen molar-refractivity contribution in [3.05, 3.63) is 53.9 Å². The molecule has 0 unspecified atom stereocenters. The van der Waals surface area contributed by atoms with Crippen molar-refractivity contribution < 1.29 is 22.5 Å². The minimum Gasteiger partial charge on any atom is -0.379 e. The Kier molecular flexibility index (Phi) is 6.12. The Labute approximate surface area is 166 Å². The number of carbonyl (C=O) groups is 1. The summed E-state index contributed by atoms with van der Waals surface area (Å²) in [4.78, 5) is 12.9. The number of rotatable bonds is 5. The lowest BCUT2D eigenvalue weighted by Crippen LogP contribution is -2.47. The van der Waals surface area contributed by atoms with Crippen molar-refractivity contribution in [2.45, 2.75) is 31.7 Å². The molecular weight excluding hydrogens is 378 g/mol. The van der Waals surface area contributed by atoms with Crippen molar-refractivity contribution in [2.75, 3.05) is 31.6 Å². The number of nitrogens with one attached hydrogen (secondary N) is 1. The third kappa shape index (κ3) is 4.24. The number of benzene rings is 1. The number of amides is 1. The molecule has 1 amide bonds. The second kappa shape index (κ2) is 8.38. The molecule has 1 fully saturated rings. The summed E-state index contributed by atoms with van der Waals surface area (Å²) in [6.45, 7) is 7.22. The van der Waals surface area contributed by atoms with Crippen LogP contribution in [-0.4, -0.2) is 44.9 Å². The average Bonchev–Trinajstić information content (AvgIpc) is 2.70. The predicted octanol–water partition coefficient (Wildman–Crippen LogP) is 1.81. The fraction of sp³-hybridized carbons (Fsp3) is 0.400. The first-order valence-corrected chi connectivity index (χ1v) is 10.7. The molecule has 8 heteroatoms. The first kappa shape index (κ1) is 20.4. The van der Waals surface area contributed by atoms with Gasteiger partial charge >= 0.3 is 0 Å². The number of sulfonamides is 1. The maximum atomic E-state index is 12.8. The van der Waals surface area contributed by atoms with E-state index < -0.39 is 16.1 Å². The monoisotopic (exact) mass is 404 g/mol. The molecule has 0 spiro atoms. The molecule has 0 bridgehead atoms. The van der Waals surface area contributed by atoms with E-state index in [1.165, 1.54) is 10.4 Å². The second-order valence-corrected chi connectivity index (χ2v) is 8.83. The van der Waals surface area contributed by atoms with E-state index >= 15 is 0 Å². The van der Waals surface area contributed by atoms with Crippen LogP contribution < -0.4 is 9.88 Å². The normalized spacial score (nSPS) is 16.5. The van der Waals surface area contributed by atoms with Crippen LogP contribution >= 0.6 is 0 Å². The molecule has 3 rings (SSSR count). The van der Waals surface area contributed by atoms with Gasteiger partial charge in [0.2, 0.25) is 16.1 Å². The summed E-state index contributed by atoms with van der Waals surface area (Å²) < 4.78 is 34.2. The van der Waals surface area contributed by atoms with Crippen LogP contribution in [0.3, 0.4) is 0 Å². The van der Waals surface area contributed by atoms with Gasteiger partial charge in [-0.3, -0.25) is 4.79 Å². The quantitative estimate of drug-likeness (QED) is 0.771. The fourth-order valence-electron chi connectivity index (χ4n) is 3.18. The van der Waals surface area contributed by atoms with Gasteiger partial charge in [0.1, 0.15) is 0 Å². The lowest BCUT2D eigenvalue weighted by Gasteiger charge is -2.26. The van der Waals surface area contributed by atoms with Crippen LogP contribution in [0, 0.1) is 13.8 Å². The number of carbonyl (C=O) groups excluding carboxylic acids is 1. The van der Waals surface area contributed by atoms with Gasteiger partial charge in [0.25, 0.3) is 5.91 Å². The first-order valence-electron chi connectivity index (χ1n) is 9.27. The predicted molar refractivity (Wildman–Crippen MR) is 105 cm³/mol. The van der Waals surface area contributed by atoms with Crippen LogP contribution in [0.25, 0.3) is 0 Å². The van der Waals surface area contributed by atoms with E-state index in [0.29, 0.717) is 32.0 Å². The van der Waals surface area contributed by atoms with E-state index in [9.17, 15) is 13.2 Å². The van der Waals surface area contributed by atoms with E-state index in [-0.39, 0.29) is 10.8 Å². The standard InChI is InChI=1S/C20H25N3O4S/c1-15-6-5-9-23(16(15)2)17(3)20(24)21-18-7-4-8-19(14-18)28(25,26)22-10-12-27-13-11-22/h4-9,14,17H,10-13H2,1-3H3/p+1/t17-/m0/s1. The van der Waals surface area contributed by atoms with Crippen LogP contribution in [0.15, 0.2) is 47.5 Å². The third-order valence-electron chi connectivity index (χ3n) is 5.06. The number of hydrogen-bond acceptors (Lipinski definition) is 4. The summed E-state index contributed by atoms with van der Waals surface area (Å²) >= 11 is 0. The van der Waals surface area contributed by atoms with E-state index in [2.05, 4.69) is 5.32 Å². The third-order valence-corrected chi connectivity index (χ3v) is 6.95. The number of aromatic nitrogens is 1. The highest BCUT2D eigenvalue weighted by Crippen LogP contribution is 2.21. The van der Waals surface area contributed by atoms with Crippen molar-refractivity contribution in [2.24, 2.45) is 0 Å². The van der Waals surface area contributed by atoms with Crippen molar-refractivity contribution in [1.82, 2.24) is 4.31 Å². The molecular formula is C20H26N3O4S+. The number of anilines is 1. The Morgan fingerprint density at radius 3 is 2.61 bits per heavy atom. The van der Waals surface area contributed by atoms with Gasteiger partial charge in [0, 0.05) is 44.3 Å². The minimum atomic E-state index is -3.61. The van der Waals surface area contributed by atoms with Gasteiger partial charge in [-0.2, -0.15) is 8.87 Å². The van der Waals surface area contributed by atoms with Crippen molar-refractivity contribution >= 4 is 21.6 Å². The van der Waals surface area contributed by atoms with Crippen LogP contribution in [0.4, 0.5) is 5.69 Å². The smallest absolute Gasteiger partial charge is 0.293 e. The number of morpholine rings is 1. The number of hydrogen-bond donors (Lipinski definition) is 1. The Balaban J connectivity index is 1.79. The molecule has 1 aromatic heterocycles. The van der Waals surface area contributed by atoms with Gasteiger partial charge in [-0.25, -0.2) is 8.42 Å². The highest BCUT2D eigenvalue weighted by molar-refractivity contribution is 7.89. The SMILES string of the molecule is Cc1ccc[n+]([C@@H](C)C(=O)Nc2cccc(S(=O)(=O)N3CCOCC3)c2)c1C. The number of nitrogens with zero attached hydrogens (tertiary/aromatic N) is 2. The molecule has 1 aliphatic rings. The van der Waals surface area contributed by atoms with Gasteiger partial charge in [0.05, 0.1) is 18.1 Å². The molecule has 1 atom stereocenters. The molecule has 150 valence electrons. The Morgan fingerprint density at radius 2 is 1.89 bits per heavy atom. The highest BCUT2D eigenvalue weighted by atomic mass is 32.2. The van der Waals surface area contributed by atoms with Crippen LogP contribution in [0.1, 0.15) is 24.2 Å².